The van der Waals surface area contributed by atoms with Crippen LogP contribution in [0.4, 0.5) is 0 Å². The third-order valence-electron chi connectivity index (χ3n) is 7.71. The van der Waals surface area contributed by atoms with Gasteiger partial charge in [-0.05, 0) is 62.0 Å². The number of benzene rings is 1. The summed E-state index contributed by atoms with van der Waals surface area (Å²) in [6, 6.07) is 6.95. The summed E-state index contributed by atoms with van der Waals surface area (Å²) in [4.78, 5) is 0. The highest BCUT2D eigenvalue weighted by atomic mass is 16.7. The highest BCUT2D eigenvalue weighted by Gasteiger charge is 2.69. The summed E-state index contributed by atoms with van der Waals surface area (Å²) in [6.07, 6.45) is 9.79. The first kappa shape index (κ1) is 13.9. The molecule has 2 nitrogen and oxygen atoms in total. The van der Waals surface area contributed by atoms with E-state index in [1.54, 1.807) is 5.56 Å². The molecule has 1 spiro atoms. The molecule has 0 bridgehead atoms. The zero-order valence-electron chi connectivity index (χ0n) is 14.7. The summed E-state index contributed by atoms with van der Waals surface area (Å²) >= 11 is 0. The number of hydrogen-bond acceptors (Lipinski definition) is 2. The first-order valence-corrected chi connectivity index (χ1v) is 9.22. The lowest BCUT2D eigenvalue weighted by Gasteiger charge is -2.45. The molecule has 1 aromatic rings. The van der Waals surface area contributed by atoms with Gasteiger partial charge in [0.25, 0.3) is 0 Å². The average Bonchev–Trinajstić information content (AvgIpc) is 2.96. The molecule has 0 aromatic heterocycles. The van der Waals surface area contributed by atoms with Crippen LogP contribution in [0.15, 0.2) is 42.5 Å². The van der Waals surface area contributed by atoms with Crippen LogP contribution in [-0.2, 0) is 9.31 Å². The van der Waals surface area contributed by atoms with E-state index in [2.05, 4.69) is 70.2 Å². The zero-order chi connectivity index (χ0) is 16.5. The van der Waals surface area contributed by atoms with Crippen molar-refractivity contribution in [1.29, 1.82) is 0 Å². The van der Waals surface area contributed by atoms with Crippen molar-refractivity contribution in [3.63, 3.8) is 0 Å². The van der Waals surface area contributed by atoms with E-state index in [9.17, 15) is 0 Å². The Bertz CT molecular complexity index is 820. The number of allylic oxidation sites excluding steroid dienone is 4. The van der Waals surface area contributed by atoms with Crippen molar-refractivity contribution in [1.82, 2.24) is 0 Å². The first-order chi connectivity index (χ1) is 11.3. The predicted molar refractivity (Wildman–Crippen MR) is 95.3 cm³/mol. The van der Waals surface area contributed by atoms with Crippen molar-refractivity contribution in [3.8, 4) is 0 Å². The molecule has 1 heterocycles. The highest BCUT2D eigenvalue weighted by molar-refractivity contribution is 6.62. The molecule has 0 radical (unpaired) electrons. The van der Waals surface area contributed by atoms with Gasteiger partial charge < -0.3 is 9.31 Å². The first-order valence-electron chi connectivity index (χ1n) is 9.22. The lowest BCUT2D eigenvalue weighted by molar-refractivity contribution is 0.00578. The summed E-state index contributed by atoms with van der Waals surface area (Å²) in [5.74, 6) is 2.92. The van der Waals surface area contributed by atoms with Gasteiger partial charge >= 0.3 is 7.12 Å². The number of rotatable bonds is 1. The molecule has 1 saturated carbocycles. The molecule has 2 fully saturated rings. The van der Waals surface area contributed by atoms with E-state index in [0.29, 0.717) is 11.3 Å². The summed E-state index contributed by atoms with van der Waals surface area (Å²) in [6.45, 7) is 8.47. The number of hydrogen-bond donors (Lipinski definition) is 0. The van der Waals surface area contributed by atoms with Crippen LogP contribution < -0.4 is 5.46 Å². The lowest BCUT2D eigenvalue weighted by atomic mass is 9.57. The molecule has 1 aliphatic heterocycles. The van der Waals surface area contributed by atoms with E-state index < -0.39 is 0 Å². The van der Waals surface area contributed by atoms with Gasteiger partial charge in [0.1, 0.15) is 0 Å². The van der Waals surface area contributed by atoms with Crippen molar-refractivity contribution < 1.29 is 9.31 Å². The van der Waals surface area contributed by atoms with Gasteiger partial charge in [-0.2, -0.15) is 0 Å². The average molecular weight is 318 g/mol. The Morgan fingerprint density at radius 1 is 0.917 bits per heavy atom. The number of fused-ring (bicyclic) bond motifs is 4. The van der Waals surface area contributed by atoms with Gasteiger partial charge in [0.15, 0.2) is 0 Å². The Hall–Kier alpha value is -1.32. The van der Waals surface area contributed by atoms with E-state index in [1.807, 2.05) is 0 Å². The molecule has 5 unspecified atom stereocenters. The fourth-order valence-electron chi connectivity index (χ4n) is 5.57. The van der Waals surface area contributed by atoms with Crippen LogP contribution in [0.25, 0.3) is 0 Å². The fraction of sp³-hybridized carbons (Fsp3) is 0.524. The molecule has 3 heteroatoms. The predicted octanol–water partition coefficient (Wildman–Crippen LogP) is 3.54. The van der Waals surface area contributed by atoms with Crippen LogP contribution >= 0.6 is 0 Å². The second-order valence-electron chi connectivity index (χ2n) is 9.30. The molecule has 0 amide bonds. The topological polar surface area (TPSA) is 18.5 Å². The minimum atomic E-state index is -0.283. The summed E-state index contributed by atoms with van der Waals surface area (Å²) in [5.41, 5.74) is 4.01. The molecule has 1 aromatic carbocycles. The third-order valence-corrected chi connectivity index (χ3v) is 7.71. The van der Waals surface area contributed by atoms with E-state index in [1.165, 1.54) is 11.0 Å². The summed E-state index contributed by atoms with van der Waals surface area (Å²) in [5, 5.41) is 0. The van der Waals surface area contributed by atoms with Gasteiger partial charge in [0, 0.05) is 11.3 Å². The fourth-order valence-corrected chi connectivity index (χ4v) is 5.57. The second kappa shape index (κ2) is 3.76. The van der Waals surface area contributed by atoms with Gasteiger partial charge in [-0.25, -0.2) is 0 Å². The van der Waals surface area contributed by atoms with Crippen molar-refractivity contribution in [2.24, 2.45) is 17.3 Å². The molecule has 5 atom stereocenters. The highest BCUT2D eigenvalue weighted by Crippen LogP contribution is 2.77. The molecule has 24 heavy (non-hydrogen) atoms. The maximum Gasteiger partial charge on any atom is 0.494 e. The quantitative estimate of drug-likeness (QED) is 0.582. The summed E-state index contributed by atoms with van der Waals surface area (Å²) < 4.78 is 12.5. The van der Waals surface area contributed by atoms with Crippen LogP contribution in [0.5, 0.6) is 0 Å². The second-order valence-corrected chi connectivity index (χ2v) is 9.30. The SMILES string of the molecule is CC1(C)OB(c2ccc3c(c2)C2C=CC24C=CC2C3C24)OC1(C)C. The maximum atomic E-state index is 6.26. The molecule has 5 aliphatic rings. The Balaban J connectivity index is 1.42. The summed E-state index contributed by atoms with van der Waals surface area (Å²) in [7, 11) is -0.259. The minimum absolute atomic E-state index is 0.259. The lowest BCUT2D eigenvalue weighted by Crippen LogP contribution is -2.41. The Labute approximate surface area is 144 Å². The Morgan fingerprint density at radius 2 is 1.62 bits per heavy atom. The molecular formula is C21H23BO2. The van der Waals surface area contributed by atoms with E-state index >= 15 is 0 Å². The molecule has 1 saturated heterocycles. The van der Waals surface area contributed by atoms with Crippen LogP contribution in [0.3, 0.4) is 0 Å². The molecule has 0 N–H and O–H groups in total. The van der Waals surface area contributed by atoms with Crippen molar-refractivity contribution >= 4 is 12.6 Å². The van der Waals surface area contributed by atoms with Crippen LogP contribution in [0.1, 0.15) is 50.7 Å². The van der Waals surface area contributed by atoms with Crippen molar-refractivity contribution in [2.75, 3.05) is 0 Å². The monoisotopic (exact) mass is 318 g/mol. The van der Waals surface area contributed by atoms with E-state index in [4.69, 9.17) is 9.31 Å². The Morgan fingerprint density at radius 3 is 2.29 bits per heavy atom. The van der Waals surface area contributed by atoms with E-state index in [0.717, 1.165) is 17.8 Å². The molecular weight excluding hydrogens is 295 g/mol. The molecule has 6 rings (SSSR count). The van der Waals surface area contributed by atoms with Gasteiger partial charge in [-0.15, -0.1) is 0 Å². The van der Waals surface area contributed by atoms with Crippen LogP contribution in [0, 0.1) is 17.3 Å². The Kier molecular flexibility index (Phi) is 2.18. The third kappa shape index (κ3) is 1.36. The van der Waals surface area contributed by atoms with Crippen molar-refractivity contribution in [2.45, 2.75) is 50.7 Å². The molecule has 4 aliphatic carbocycles. The van der Waals surface area contributed by atoms with Crippen LogP contribution in [-0.4, -0.2) is 18.3 Å². The zero-order valence-corrected chi connectivity index (χ0v) is 14.7. The van der Waals surface area contributed by atoms with Crippen molar-refractivity contribution in [3.05, 3.63) is 53.6 Å². The smallest absolute Gasteiger partial charge is 0.399 e. The largest absolute Gasteiger partial charge is 0.494 e. The van der Waals surface area contributed by atoms with Gasteiger partial charge in [0.05, 0.1) is 11.2 Å². The normalized spacial score (nSPS) is 43.9. The van der Waals surface area contributed by atoms with Gasteiger partial charge in [-0.3, -0.25) is 0 Å². The van der Waals surface area contributed by atoms with Crippen LogP contribution in [0.2, 0.25) is 0 Å². The molecule has 122 valence electrons. The van der Waals surface area contributed by atoms with Gasteiger partial charge in [0.2, 0.25) is 0 Å². The van der Waals surface area contributed by atoms with E-state index in [-0.39, 0.29) is 18.3 Å². The minimum Gasteiger partial charge on any atom is -0.399 e. The standard InChI is InChI=1S/C21H23BO2/c1-19(2)20(3,4)24-22(23-19)12-5-6-13-15(11-12)16-8-10-21(16)9-7-14-17(13)18(14)21/h5-11,14,16-18H,1-4H3. The maximum absolute atomic E-state index is 6.26. The van der Waals surface area contributed by atoms with Gasteiger partial charge in [-0.1, -0.05) is 42.5 Å².